The van der Waals surface area contributed by atoms with Crippen LogP contribution in [0.15, 0.2) is 0 Å². The number of amides is 1. The molecule has 1 aliphatic heterocycles. The summed E-state index contributed by atoms with van der Waals surface area (Å²) in [6.07, 6.45) is 8.50. The van der Waals surface area contributed by atoms with E-state index in [1.54, 1.807) is 0 Å². The summed E-state index contributed by atoms with van der Waals surface area (Å²) in [4.78, 5) is 14.7. The maximum atomic E-state index is 12.6. The molecule has 18 heavy (non-hydrogen) atoms. The van der Waals surface area contributed by atoms with Crippen LogP contribution in [0.2, 0.25) is 0 Å². The molecule has 3 heteroatoms. The Morgan fingerprint density at radius 3 is 2.44 bits per heavy atom. The minimum Gasteiger partial charge on any atom is -0.338 e. The topological polar surface area (TPSA) is 32.3 Å². The smallest absolute Gasteiger partial charge is 0.225 e. The first-order valence-electron chi connectivity index (χ1n) is 7.72. The van der Waals surface area contributed by atoms with Gasteiger partial charge in [-0.1, -0.05) is 19.3 Å². The molecule has 1 amide bonds. The summed E-state index contributed by atoms with van der Waals surface area (Å²) in [7, 11) is 0. The Morgan fingerprint density at radius 1 is 1.17 bits per heavy atom. The largest absolute Gasteiger partial charge is 0.338 e. The highest BCUT2D eigenvalue weighted by Crippen LogP contribution is 2.26. The molecule has 0 radical (unpaired) electrons. The first-order chi connectivity index (χ1) is 8.68. The molecule has 2 aliphatic rings. The quantitative estimate of drug-likeness (QED) is 0.834. The molecule has 0 bridgehead atoms. The summed E-state index contributed by atoms with van der Waals surface area (Å²) in [6.45, 7) is 6.33. The molecular formula is C15H28N2O. The van der Waals surface area contributed by atoms with E-state index in [9.17, 15) is 4.79 Å². The summed E-state index contributed by atoms with van der Waals surface area (Å²) in [6, 6.07) is 0.863. The van der Waals surface area contributed by atoms with E-state index in [0.29, 0.717) is 23.9 Å². The average Bonchev–Trinajstić information content (AvgIpc) is 2.89. The van der Waals surface area contributed by atoms with E-state index >= 15 is 0 Å². The van der Waals surface area contributed by atoms with Crippen molar-refractivity contribution in [3.63, 3.8) is 0 Å². The fourth-order valence-electron chi connectivity index (χ4n) is 3.29. The molecule has 1 aliphatic carbocycles. The molecule has 1 saturated carbocycles. The van der Waals surface area contributed by atoms with Gasteiger partial charge in [-0.25, -0.2) is 0 Å². The van der Waals surface area contributed by atoms with Gasteiger partial charge in [0.2, 0.25) is 5.91 Å². The minimum atomic E-state index is 0.308. The second-order valence-corrected chi connectivity index (χ2v) is 6.21. The first kappa shape index (κ1) is 13.9. The normalized spacial score (nSPS) is 25.6. The lowest BCUT2D eigenvalue weighted by molar-refractivity contribution is -0.138. The third kappa shape index (κ3) is 3.47. The Balaban J connectivity index is 1.92. The Hall–Kier alpha value is -0.570. The minimum absolute atomic E-state index is 0.308. The Kier molecular flexibility index (Phi) is 5.04. The molecule has 1 N–H and O–H groups in total. The van der Waals surface area contributed by atoms with Crippen molar-refractivity contribution in [3.8, 4) is 0 Å². The Morgan fingerprint density at radius 2 is 1.89 bits per heavy atom. The molecule has 0 aromatic rings. The number of rotatable bonds is 4. The van der Waals surface area contributed by atoms with Crippen LogP contribution in [0, 0.1) is 5.92 Å². The zero-order valence-electron chi connectivity index (χ0n) is 12.0. The SMILES string of the molecule is CC(C)N(CC1CCCN1)C(=O)C1CCCCC1. The van der Waals surface area contributed by atoms with E-state index < -0.39 is 0 Å². The van der Waals surface area contributed by atoms with Crippen LogP contribution in [0.25, 0.3) is 0 Å². The summed E-state index contributed by atoms with van der Waals surface area (Å²) >= 11 is 0. The van der Waals surface area contributed by atoms with E-state index in [1.807, 2.05) is 0 Å². The van der Waals surface area contributed by atoms with Gasteiger partial charge >= 0.3 is 0 Å². The van der Waals surface area contributed by atoms with Gasteiger partial charge in [0, 0.05) is 24.5 Å². The molecule has 2 rings (SSSR count). The molecule has 3 nitrogen and oxygen atoms in total. The van der Waals surface area contributed by atoms with Gasteiger partial charge < -0.3 is 10.2 Å². The highest BCUT2D eigenvalue weighted by molar-refractivity contribution is 5.79. The zero-order chi connectivity index (χ0) is 13.0. The third-order valence-corrected chi connectivity index (χ3v) is 4.44. The van der Waals surface area contributed by atoms with Gasteiger partial charge in [-0.05, 0) is 46.1 Å². The third-order valence-electron chi connectivity index (χ3n) is 4.44. The van der Waals surface area contributed by atoms with Crippen LogP contribution in [0.4, 0.5) is 0 Å². The average molecular weight is 252 g/mol. The zero-order valence-corrected chi connectivity index (χ0v) is 12.0. The van der Waals surface area contributed by atoms with Crippen LogP contribution in [0.3, 0.4) is 0 Å². The van der Waals surface area contributed by atoms with E-state index in [1.165, 1.54) is 32.1 Å². The molecule has 1 unspecified atom stereocenters. The lowest BCUT2D eigenvalue weighted by Crippen LogP contribution is -2.47. The van der Waals surface area contributed by atoms with E-state index in [2.05, 4.69) is 24.1 Å². The monoisotopic (exact) mass is 252 g/mol. The van der Waals surface area contributed by atoms with Gasteiger partial charge in [0.05, 0.1) is 0 Å². The number of carbonyl (C=O) groups is 1. The lowest BCUT2D eigenvalue weighted by atomic mass is 9.88. The first-order valence-corrected chi connectivity index (χ1v) is 7.72. The van der Waals surface area contributed by atoms with Crippen molar-refractivity contribution < 1.29 is 4.79 Å². The standard InChI is InChI=1S/C15H28N2O/c1-12(2)17(11-14-9-6-10-16-14)15(18)13-7-4-3-5-8-13/h12-14,16H,3-11H2,1-2H3. The number of hydrogen-bond donors (Lipinski definition) is 1. The molecule has 2 fully saturated rings. The maximum Gasteiger partial charge on any atom is 0.225 e. The van der Waals surface area contributed by atoms with Crippen molar-refractivity contribution in [2.24, 2.45) is 5.92 Å². The van der Waals surface area contributed by atoms with E-state index in [0.717, 1.165) is 25.9 Å². The molecular weight excluding hydrogens is 224 g/mol. The fraction of sp³-hybridized carbons (Fsp3) is 0.933. The summed E-state index contributed by atoms with van der Waals surface area (Å²) in [5.41, 5.74) is 0. The predicted molar refractivity (Wildman–Crippen MR) is 74.4 cm³/mol. The lowest BCUT2D eigenvalue weighted by Gasteiger charge is -2.34. The molecule has 1 saturated heterocycles. The molecule has 1 heterocycles. The van der Waals surface area contributed by atoms with Gasteiger partial charge in [-0.2, -0.15) is 0 Å². The van der Waals surface area contributed by atoms with Crippen molar-refractivity contribution in [3.05, 3.63) is 0 Å². The molecule has 0 aromatic carbocycles. The van der Waals surface area contributed by atoms with Crippen LogP contribution < -0.4 is 5.32 Å². The summed E-state index contributed by atoms with van der Waals surface area (Å²) in [5.74, 6) is 0.723. The van der Waals surface area contributed by atoms with Crippen LogP contribution in [0.1, 0.15) is 58.8 Å². The number of hydrogen-bond acceptors (Lipinski definition) is 2. The number of nitrogens with zero attached hydrogens (tertiary/aromatic N) is 1. The molecule has 1 atom stereocenters. The molecule has 0 spiro atoms. The number of nitrogens with one attached hydrogen (secondary N) is 1. The van der Waals surface area contributed by atoms with Crippen molar-refractivity contribution in [1.29, 1.82) is 0 Å². The van der Waals surface area contributed by atoms with Crippen molar-refractivity contribution in [2.75, 3.05) is 13.1 Å². The van der Waals surface area contributed by atoms with E-state index in [4.69, 9.17) is 0 Å². The van der Waals surface area contributed by atoms with Crippen molar-refractivity contribution in [1.82, 2.24) is 10.2 Å². The Labute approximate surface area is 111 Å². The van der Waals surface area contributed by atoms with Gasteiger partial charge in [-0.3, -0.25) is 4.79 Å². The van der Waals surface area contributed by atoms with Gasteiger partial charge in [0.25, 0.3) is 0 Å². The van der Waals surface area contributed by atoms with Crippen molar-refractivity contribution in [2.45, 2.75) is 70.9 Å². The van der Waals surface area contributed by atoms with Crippen LogP contribution >= 0.6 is 0 Å². The second-order valence-electron chi connectivity index (χ2n) is 6.21. The molecule has 104 valence electrons. The number of carbonyl (C=O) groups excluding carboxylic acids is 1. The van der Waals surface area contributed by atoms with Gasteiger partial charge in [-0.15, -0.1) is 0 Å². The van der Waals surface area contributed by atoms with Gasteiger partial charge in [0.15, 0.2) is 0 Å². The molecule has 0 aromatic heterocycles. The van der Waals surface area contributed by atoms with Crippen LogP contribution in [-0.4, -0.2) is 36.0 Å². The predicted octanol–water partition coefficient (Wildman–Crippen LogP) is 2.56. The summed E-state index contributed by atoms with van der Waals surface area (Å²) < 4.78 is 0. The fourth-order valence-corrected chi connectivity index (χ4v) is 3.29. The second kappa shape index (κ2) is 6.55. The van der Waals surface area contributed by atoms with E-state index in [-0.39, 0.29) is 0 Å². The Bertz CT molecular complexity index is 266. The van der Waals surface area contributed by atoms with Gasteiger partial charge in [0.1, 0.15) is 0 Å². The van der Waals surface area contributed by atoms with Crippen LogP contribution in [-0.2, 0) is 4.79 Å². The highest BCUT2D eigenvalue weighted by atomic mass is 16.2. The maximum absolute atomic E-state index is 12.6. The van der Waals surface area contributed by atoms with Crippen LogP contribution in [0.5, 0.6) is 0 Å². The highest BCUT2D eigenvalue weighted by Gasteiger charge is 2.29. The summed E-state index contributed by atoms with van der Waals surface area (Å²) in [5, 5.41) is 3.51. The van der Waals surface area contributed by atoms with Crippen molar-refractivity contribution >= 4 is 5.91 Å².